The fraction of sp³-hybridized carbons (Fsp3) is 0. The Balaban J connectivity index is 2.19. The van der Waals surface area contributed by atoms with E-state index in [2.05, 4.69) is 15.5 Å². The number of nitrogens with two attached hydrogens (primary N) is 1. The van der Waals surface area contributed by atoms with Gasteiger partial charge in [0.05, 0.1) is 10.7 Å². The molecule has 6 nitrogen and oxygen atoms in total. The summed E-state index contributed by atoms with van der Waals surface area (Å²) in [6, 6.07) is 6.47. The number of amidine groups is 1. The zero-order chi connectivity index (χ0) is 15.4. The highest BCUT2D eigenvalue weighted by Crippen LogP contribution is 2.22. The summed E-state index contributed by atoms with van der Waals surface area (Å²) in [7, 11) is 0. The standard InChI is InChI=1S/C13H10ClFN4O2/c14-9-3-2-8(15)5-11(9)18-13(20)10-4-1-7(6-17-10)12(16)19-21/h1-6,21H,(H2,16,19)(H,18,20). The summed E-state index contributed by atoms with van der Waals surface area (Å²) in [6.07, 6.45) is 1.27. The molecule has 0 saturated heterocycles. The SMILES string of the molecule is N/C(=N/O)c1ccc(C(=O)Nc2cc(F)ccc2Cl)nc1. The molecule has 0 radical (unpaired) electrons. The Kier molecular flexibility index (Phi) is 4.34. The van der Waals surface area contributed by atoms with E-state index in [1.807, 2.05) is 0 Å². The van der Waals surface area contributed by atoms with Crippen molar-refractivity contribution in [2.24, 2.45) is 10.9 Å². The second-order valence-corrected chi connectivity index (χ2v) is 4.40. The van der Waals surface area contributed by atoms with Crippen molar-refractivity contribution in [2.45, 2.75) is 0 Å². The van der Waals surface area contributed by atoms with Gasteiger partial charge in [0.2, 0.25) is 0 Å². The number of hydrogen-bond acceptors (Lipinski definition) is 4. The van der Waals surface area contributed by atoms with Gasteiger partial charge in [-0.05, 0) is 30.3 Å². The van der Waals surface area contributed by atoms with E-state index in [0.29, 0.717) is 5.56 Å². The first kappa shape index (κ1) is 14.7. The summed E-state index contributed by atoms with van der Waals surface area (Å²) in [6.45, 7) is 0. The summed E-state index contributed by atoms with van der Waals surface area (Å²) >= 11 is 5.85. The van der Waals surface area contributed by atoms with Gasteiger partial charge < -0.3 is 16.3 Å². The minimum Gasteiger partial charge on any atom is -0.409 e. The monoisotopic (exact) mass is 308 g/mol. The van der Waals surface area contributed by atoms with Crippen molar-refractivity contribution < 1.29 is 14.4 Å². The molecule has 0 fully saturated rings. The number of hydrogen-bond donors (Lipinski definition) is 3. The number of carbonyl (C=O) groups is 1. The number of carbonyl (C=O) groups excluding carboxylic acids is 1. The van der Waals surface area contributed by atoms with Gasteiger partial charge in [0.25, 0.3) is 5.91 Å². The van der Waals surface area contributed by atoms with E-state index < -0.39 is 11.7 Å². The summed E-state index contributed by atoms with van der Waals surface area (Å²) in [5.74, 6) is -1.21. The molecule has 0 aliphatic heterocycles. The Morgan fingerprint density at radius 2 is 2.14 bits per heavy atom. The molecule has 2 aromatic rings. The fourth-order valence-electron chi connectivity index (χ4n) is 1.52. The molecule has 1 heterocycles. The zero-order valence-corrected chi connectivity index (χ0v) is 11.3. The van der Waals surface area contributed by atoms with Gasteiger partial charge in [-0.25, -0.2) is 4.39 Å². The highest BCUT2D eigenvalue weighted by molar-refractivity contribution is 6.33. The third-order valence-corrected chi connectivity index (χ3v) is 2.91. The van der Waals surface area contributed by atoms with Crippen LogP contribution in [0.5, 0.6) is 0 Å². The summed E-state index contributed by atoms with van der Waals surface area (Å²) < 4.78 is 13.1. The van der Waals surface area contributed by atoms with Crippen LogP contribution < -0.4 is 11.1 Å². The van der Waals surface area contributed by atoms with Gasteiger partial charge in [-0.1, -0.05) is 16.8 Å². The van der Waals surface area contributed by atoms with Crippen LogP contribution in [0, 0.1) is 5.82 Å². The third-order valence-electron chi connectivity index (χ3n) is 2.58. The normalized spacial score (nSPS) is 11.2. The number of amides is 1. The predicted octanol–water partition coefficient (Wildman–Crippen LogP) is 2.22. The molecule has 108 valence electrons. The molecule has 4 N–H and O–H groups in total. The summed E-state index contributed by atoms with van der Waals surface area (Å²) in [5.41, 5.74) is 5.96. The second-order valence-electron chi connectivity index (χ2n) is 4.00. The molecule has 0 aliphatic carbocycles. The highest BCUT2D eigenvalue weighted by Gasteiger charge is 2.11. The van der Waals surface area contributed by atoms with Gasteiger partial charge >= 0.3 is 0 Å². The minimum absolute atomic E-state index is 0.0739. The molecule has 1 amide bonds. The smallest absolute Gasteiger partial charge is 0.274 e. The Morgan fingerprint density at radius 3 is 2.76 bits per heavy atom. The van der Waals surface area contributed by atoms with Crippen molar-refractivity contribution >= 4 is 29.0 Å². The lowest BCUT2D eigenvalue weighted by atomic mass is 10.2. The molecule has 1 aromatic carbocycles. The maximum Gasteiger partial charge on any atom is 0.274 e. The first-order chi connectivity index (χ1) is 10.0. The van der Waals surface area contributed by atoms with Crippen LogP contribution >= 0.6 is 11.6 Å². The van der Waals surface area contributed by atoms with Crippen LogP contribution in [0.4, 0.5) is 10.1 Å². The first-order valence-electron chi connectivity index (χ1n) is 5.71. The largest absolute Gasteiger partial charge is 0.409 e. The van der Waals surface area contributed by atoms with Crippen LogP contribution in [0.3, 0.4) is 0 Å². The quantitative estimate of drug-likeness (QED) is 0.350. The van der Waals surface area contributed by atoms with E-state index in [1.54, 1.807) is 0 Å². The van der Waals surface area contributed by atoms with E-state index in [9.17, 15) is 9.18 Å². The Labute approximate surface area is 124 Å². The van der Waals surface area contributed by atoms with E-state index in [-0.39, 0.29) is 22.2 Å². The Bertz CT molecular complexity index is 704. The maximum atomic E-state index is 13.1. The Morgan fingerprint density at radius 1 is 1.38 bits per heavy atom. The number of oxime groups is 1. The van der Waals surface area contributed by atoms with Crippen LogP contribution in [0.1, 0.15) is 16.1 Å². The fourth-order valence-corrected chi connectivity index (χ4v) is 1.68. The topological polar surface area (TPSA) is 101 Å². The molecule has 1 aromatic heterocycles. The van der Waals surface area contributed by atoms with Crippen molar-refractivity contribution in [3.8, 4) is 0 Å². The molecule has 0 saturated carbocycles. The molecule has 0 aliphatic rings. The Hall–Kier alpha value is -2.67. The van der Waals surface area contributed by atoms with Gasteiger partial charge in [-0.2, -0.15) is 0 Å². The van der Waals surface area contributed by atoms with Crippen LogP contribution in [0.2, 0.25) is 5.02 Å². The molecule has 2 rings (SSSR count). The lowest BCUT2D eigenvalue weighted by Gasteiger charge is -2.07. The molecule has 0 atom stereocenters. The first-order valence-corrected chi connectivity index (χ1v) is 6.09. The van der Waals surface area contributed by atoms with Crippen molar-refractivity contribution in [1.82, 2.24) is 4.98 Å². The van der Waals surface area contributed by atoms with Gasteiger partial charge in [0.15, 0.2) is 5.84 Å². The lowest BCUT2D eigenvalue weighted by Crippen LogP contribution is -2.17. The molecule has 21 heavy (non-hydrogen) atoms. The number of nitrogens with one attached hydrogen (secondary N) is 1. The van der Waals surface area contributed by atoms with E-state index >= 15 is 0 Å². The zero-order valence-electron chi connectivity index (χ0n) is 10.5. The van der Waals surface area contributed by atoms with Crippen LogP contribution in [-0.4, -0.2) is 21.9 Å². The number of pyridine rings is 1. The van der Waals surface area contributed by atoms with Crippen molar-refractivity contribution in [1.29, 1.82) is 0 Å². The average molecular weight is 309 g/mol. The van der Waals surface area contributed by atoms with Gasteiger partial charge in [0, 0.05) is 11.8 Å². The van der Waals surface area contributed by atoms with E-state index in [4.69, 9.17) is 22.5 Å². The van der Waals surface area contributed by atoms with Crippen LogP contribution in [0.25, 0.3) is 0 Å². The highest BCUT2D eigenvalue weighted by atomic mass is 35.5. The van der Waals surface area contributed by atoms with Crippen LogP contribution in [-0.2, 0) is 0 Å². The lowest BCUT2D eigenvalue weighted by molar-refractivity contribution is 0.102. The molecule has 0 spiro atoms. The van der Waals surface area contributed by atoms with E-state index in [1.165, 1.54) is 30.5 Å². The molecule has 0 bridgehead atoms. The summed E-state index contributed by atoms with van der Waals surface area (Å²) in [4.78, 5) is 15.8. The molecule has 8 heteroatoms. The average Bonchev–Trinajstić information content (AvgIpc) is 2.50. The number of rotatable bonds is 3. The number of aromatic nitrogens is 1. The van der Waals surface area contributed by atoms with Gasteiger partial charge in [0.1, 0.15) is 11.5 Å². The van der Waals surface area contributed by atoms with Gasteiger partial charge in [-0.3, -0.25) is 9.78 Å². The summed E-state index contributed by atoms with van der Waals surface area (Å²) in [5, 5.41) is 14.0. The molecular weight excluding hydrogens is 299 g/mol. The number of nitrogens with zero attached hydrogens (tertiary/aromatic N) is 2. The van der Waals surface area contributed by atoms with Crippen molar-refractivity contribution in [3.05, 3.63) is 58.6 Å². The van der Waals surface area contributed by atoms with Crippen LogP contribution in [0.15, 0.2) is 41.7 Å². The number of halogens is 2. The van der Waals surface area contributed by atoms with Gasteiger partial charge in [-0.15, -0.1) is 0 Å². The number of anilines is 1. The number of benzene rings is 1. The second kappa shape index (κ2) is 6.19. The minimum atomic E-state index is -0.562. The van der Waals surface area contributed by atoms with Crippen molar-refractivity contribution in [3.63, 3.8) is 0 Å². The maximum absolute atomic E-state index is 13.1. The van der Waals surface area contributed by atoms with E-state index in [0.717, 1.165) is 6.07 Å². The third kappa shape index (κ3) is 3.46. The molecule has 0 unspecified atom stereocenters. The predicted molar refractivity (Wildman–Crippen MR) is 76.1 cm³/mol. The van der Waals surface area contributed by atoms with Crippen molar-refractivity contribution in [2.75, 3.05) is 5.32 Å². The molecular formula is C13H10ClFN4O2.